The van der Waals surface area contributed by atoms with Crippen molar-refractivity contribution in [2.75, 3.05) is 57.2 Å². The Morgan fingerprint density at radius 3 is 1.84 bits per heavy atom. The third-order valence-electron chi connectivity index (χ3n) is 12.9. The summed E-state index contributed by atoms with van der Waals surface area (Å²) in [5.74, 6) is -1.63. The van der Waals surface area contributed by atoms with Gasteiger partial charge in [0.05, 0.1) is 41.7 Å². The number of carbonyl (C=O) groups is 3. The first-order valence-corrected chi connectivity index (χ1v) is 23.9. The number of nitrogens with zero attached hydrogens (tertiary/aromatic N) is 11. The number of nitrogen functional groups attached to an aromatic ring is 1. The maximum Gasteiger partial charge on any atom is 0.391 e. The van der Waals surface area contributed by atoms with Crippen LogP contribution in [0.2, 0.25) is 0 Å². The second-order valence-corrected chi connectivity index (χ2v) is 18.6. The van der Waals surface area contributed by atoms with E-state index in [1.165, 1.54) is 11.1 Å². The summed E-state index contributed by atoms with van der Waals surface area (Å²) in [7, 11) is 0. The Kier molecular flexibility index (Phi) is 15.2. The Bertz CT molecular complexity index is 3040. The number of aryl methyl sites for hydroxylation is 4. The Morgan fingerprint density at radius 1 is 0.730 bits per heavy atom. The predicted octanol–water partition coefficient (Wildman–Crippen LogP) is 9.51. The zero-order valence-corrected chi connectivity index (χ0v) is 41.3. The Balaban J connectivity index is 0.000000170. The van der Waals surface area contributed by atoms with Gasteiger partial charge in [0.1, 0.15) is 23.0 Å². The molecule has 74 heavy (non-hydrogen) atoms. The maximum atomic E-state index is 13.6. The summed E-state index contributed by atoms with van der Waals surface area (Å²) in [5, 5.41) is 6.07. The van der Waals surface area contributed by atoms with Crippen LogP contribution in [0.5, 0.6) is 0 Å². The second-order valence-electron chi connectivity index (χ2n) is 18.6. The summed E-state index contributed by atoms with van der Waals surface area (Å²) in [6.45, 7) is 12.0. The van der Waals surface area contributed by atoms with Crippen molar-refractivity contribution in [1.82, 2.24) is 39.9 Å². The van der Waals surface area contributed by atoms with Gasteiger partial charge in [0.2, 0.25) is 11.6 Å². The first-order chi connectivity index (χ1) is 35.0. The number of ketones is 2. The zero-order chi connectivity index (χ0) is 53.2. The smallest absolute Gasteiger partial charge is 0.391 e. The molecule has 4 N–H and O–H groups in total. The highest BCUT2D eigenvalue weighted by Crippen LogP contribution is 2.41. The van der Waals surface area contributed by atoms with Gasteiger partial charge in [-0.1, -0.05) is 13.8 Å². The minimum absolute atomic E-state index is 0.133. The van der Waals surface area contributed by atoms with Gasteiger partial charge in [0.15, 0.2) is 46.6 Å². The molecule has 2 fully saturated rings. The Labute approximate surface area is 420 Å². The number of halogens is 6. The van der Waals surface area contributed by atoms with Crippen LogP contribution >= 0.6 is 0 Å². The number of oxazole rings is 2. The van der Waals surface area contributed by atoms with Gasteiger partial charge >= 0.3 is 18.4 Å². The molecule has 392 valence electrons. The van der Waals surface area contributed by atoms with Gasteiger partial charge in [-0.25, -0.2) is 44.7 Å². The van der Waals surface area contributed by atoms with Crippen molar-refractivity contribution in [3.05, 3.63) is 83.9 Å². The first-order valence-electron chi connectivity index (χ1n) is 23.9. The van der Waals surface area contributed by atoms with Crippen molar-refractivity contribution < 1.29 is 49.6 Å². The third-order valence-corrected chi connectivity index (χ3v) is 12.9. The molecule has 0 aliphatic carbocycles. The number of anilines is 6. The standard InChI is InChI=1S/C25H26F3N7O3.C15H19F3N4O.C9H9N3O/c1-13(25(26,27)28)9-18(36)22-31-14(2)21-23(33-22)35(17-5-4-8-34(21)12-17)24(37)32-20-10-16(6-7-29-20)19-11-30-15(3)38-19;1-8(15(16,17)18)6-11(23)13-19-9(2)12-14(21-13)20-10-4-3-5-22(12)7-10;1-6-12-5-8(13-6)7-2-3-11-9(10)4-7/h6-7,10-11,13,17H,4-5,8-9,12H2,1-3H3,(H,29,32,37);8,10H,3-7H2,1-2H3,(H,19,20,21);2-5H,1H3,(H2,10,11)/t13-,17-;8-,10-;/m00./s1. The van der Waals surface area contributed by atoms with E-state index in [-0.39, 0.29) is 35.4 Å². The average molecular weight is 1030 g/mol. The van der Waals surface area contributed by atoms with E-state index < -0.39 is 54.6 Å². The molecule has 0 spiro atoms. The van der Waals surface area contributed by atoms with E-state index in [2.05, 4.69) is 60.3 Å². The monoisotopic (exact) mass is 1030 g/mol. The lowest BCUT2D eigenvalue weighted by molar-refractivity contribution is -0.169. The number of carbonyl (C=O) groups excluding carboxylic acids is 3. The van der Waals surface area contributed by atoms with Gasteiger partial charge in [-0.3, -0.25) is 19.8 Å². The lowest BCUT2D eigenvalue weighted by Gasteiger charge is -2.46. The number of fused-ring (bicyclic) bond motifs is 8. The number of nitrogens with one attached hydrogen (secondary N) is 2. The van der Waals surface area contributed by atoms with Gasteiger partial charge < -0.3 is 29.7 Å². The molecule has 6 aromatic rings. The first kappa shape index (κ1) is 52.6. The number of piperidine rings is 2. The average Bonchev–Trinajstić information content (AvgIpc) is 3.99. The molecule has 2 saturated heterocycles. The SMILES string of the molecule is Cc1nc(C(=O)C[C@H](C)C(F)(F)F)nc2c1N1CCC[C@@H](C1)N2.Cc1ncc(-c2ccnc(N)c2)o1.Cc1ncc(-c2ccnc(NC(=O)N3c4nc(C(=O)C[C@H](C)C(F)(F)F)nc(C)c4N4CCC[C@H]3C4)c2)o1. The van der Waals surface area contributed by atoms with E-state index in [1.807, 2.05) is 6.07 Å². The molecule has 4 aliphatic heterocycles. The summed E-state index contributed by atoms with van der Waals surface area (Å²) in [4.78, 5) is 77.4. The minimum Gasteiger partial charge on any atom is -0.441 e. The lowest BCUT2D eigenvalue weighted by atomic mass is 9.99. The molecule has 10 heterocycles. The van der Waals surface area contributed by atoms with Gasteiger partial charge in [-0.2, -0.15) is 26.3 Å². The van der Waals surface area contributed by atoms with E-state index in [0.717, 1.165) is 64.0 Å². The molecular weight excluding hydrogens is 979 g/mol. The van der Waals surface area contributed by atoms with Crippen molar-refractivity contribution in [3.8, 4) is 22.6 Å². The Hall–Kier alpha value is -7.73. The molecule has 10 rings (SSSR count). The zero-order valence-electron chi connectivity index (χ0n) is 41.3. The van der Waals surface area contributed by atoms with Crippen LogP contribution in [-0.4, -0.2) is 108 Å². The van der Waals surface area contributed by atoms with Crippen molar-refractivity contribution in [3.63, 3.8) is 0 Å². The number of Topliss-reactive ketones (excluding diaryl/α,β-unsaturated/α-hetero) is 2. The number of rotatable bonds is 9. The van der Waals surface area contributed by atoms with E-state index in [9.17, 15) is 40.7 Å². The largest absolute Gasteiger partial charge is 0.441 e. The molecule has 2 amide bonds. The van der Waals surface area contributed by atoms with Crippen LogP contribution in [0.3, 0.4) is 0 Å². The van der Waals surface area contributed by atoms with Gasteiger partial charge in [0.25, 0.3) is 0 Å². The fraction of sp³-hybridized carbons (Fsp3) is 0.449. The van der Waals surface area contributed by atoms with Crippen LogP contribution in [0, 0.1) is 39.5 Å². The van der Waals surface area contributed by atoms with E-state index in [0.29, 0.717) is 70.5 Å². The molecule has 25 heteroatoms. The summed E-state index contributed by atoms with van der Waals surface area (Å²) in [5.41, 5.74) is 9.61. The molecule has 4 atom stereocenters. The second kappa shape index (κ2) is 21.4. The molecule has 0 saturated carbocycles. The van der Waals surface area contributed by atoms with E-state index >= 15 is 0 Å². The predicted molar refractivity (Wildman–Crippen MR) is 261 cm³/mol. The van der Waals surface area contributed by atoms with Gasteiger partial charge in [-0.15, -0.1) is 0 Å². The fourth-order valence-electron chi connectivity index (χ4n) is 9.06. The van der Waals surface area contributed by atoms with Crippen LogP contribution < -0.4 is 31.1 Å². The molecule has 0 radical (unpaired) electrons. The number of hydrogen-bond donors (Lipinski definition) is 3. The third kappa shape index (κ3) is 12.0. The molecular formula is C49H54F6N14O5. The highest BCUT2D eigenvalue weighted by Gasteiger charge is 2.42. The number of urea groups is 1. The van der Waals surface area contributed by atoms with Crippen LogP contribution in [0.15, 0.2) is 57.9 Å². The highest BCUT2D eigenvalue weighted by molar-refractivity contribution is 6.05. The number of alkyl halides is 6. The molecule has 6 aromatic heterocycles. The number of aromatic nitrogens is 8. The minimum atomic E-state index is -4.51. The normalized spacial score (nSPS) is 17.5. The molecule has 19 nitrogen and oxygen atoms in total. The molecule has 0 unspecified atom stereocenters. The van der Waals surface area contributed by atoms with Crippen molar-refractivity contribution in [1.29, 1.82) is 0 Å². The quantitative estimate of drug-likeness (QED) is 0.0902. The summed E-state index contributed by atoms with van der Waals surface area (Å²) < 4.78 is 88.0. The molecule has 0 aromatic carbocycles. The summed E-state index contributed by atoms with van der Waals surface area (Å²) in [6, 6.07) is 6.45. The van der Waals surface area contributed by atoms with Crippen molar-refractivity contribution in [2.24, 2.45) is 11.8 Å². The Morgan fingerprint density at radius 2 is 1.27 bits per heavy atom. The van der Waals surface area contributed by atoms with Crippen LogP contribution in [0.1, 0.15) is 96.8 Å². The number of amides is 2. The van der Waals surface area contributed by atoms with Crippen molar-refractivity contribution in [2.45, 2.75) is 105 Å². The number of pyridine rings is 2. The highest BCUT2D eigenvalue weighted by atomic mass is 19.4. The van der Waals surface area contributed by atoms with Gasteiger partial charge in [0, 0.05) is 82.4 Å². The maximum absolute atomic E-state index is 13.6. The molecule has 4 aliphatic rings. The van der Waals surface area contributed by atoms with E-state index in [4.69, 9.17) is 14.6 Å². The number of hydrogen-bond acceptors (Lipinski definition) is 17. The van der Waals surface area contributed by atoms with Crippen LogP contribution in [0.4, 0.5) is 65.8 Å². The molecule has 4 bridgehead atoms. The lowest BCUT2D eigenvalue weighted by Crippen LogP contribution is -2.56. The topological polar surface area (TPSA) is 240 Å². The van der Waals surface area contributed by atoms with E-state index in [1.54, 1.807) is 64.5 Å². The van der Waals surface area contributed by atoms with Crippen LogP contribution in [0.25, 0.3) is 22.6 Å². The summed E-state index contributed by atoms with van der Waals surface area (Å²) in [6.07, 6.45) is -0.277. The van der Waals surface area contributed by atoms with Gasteiger partial charge in [-0.05, 0) is 63.8 Å². The van der Waals surface area contributed by atoms with Crippen molar-refractivity contribution >= 4 is 52.2 Å². The summed E-state index contributed by atoms with van der Waals surface area (Å²) >= 11 is 0. The number of nitrogens with two attached hydrogens (primary N) is 1. The van der Waals surface area contributed by atoms with Crippen LogP contribution in [-0.2, 0) is 0 Å². The fourth-order valence-corrected chi connectivity index (χ4v) is 9.06.